The third-order valence-corrected chi connectivity index (χ3v) is 3.26. The van der Waals surface area contributed by atoms with Crippen LogP contribution in [0.3, 0.4) is 0 Å². The summed E-state index contributed by atoms with van der Waals surface area (Å²) in [5, 5.41) is 0. The second kappa shape index (κ2) is 5.05. The molecule has 0 aliphatic carbocycles. The number of rotatable bonds is 3. The van der Waals surface area contributed by atoms with Crippen molar-refractivity contribution in [1.82, 2.24) is 0 Å². The zero-order valence-electron chi connectivity index (χ0n) is 10.5. The van der Waals surface area contributed by atoms with Gasteiger partial charge in [0.2, 0.25) is 0 Å². The fourth-order valence-electron chi connectivity index (χ4n) is 2.38. The van der Waals surface area contributed by atoms with E-state index in [0.717, 1.165) is 24.1 Å². The Morgan fingerprint density at radius 2 is 1.53 bits per heavy atom. The van der Waals surface area contributed by atoms with Crippen LogP contribution in [0.4, 0.5) is 5.69 Å². The van der Waals surface area contributed by atoms with Crippen molar-refractivity contribution >= 4 is 5.69 Å². The van der Waals surface area contributed by atoms with Crippen LogP contribution in [0.2, 0.25) is 0 Å². The summed E-state index contributed by atoms with van der Waals surface area (Å²) in [6, 6.07) is 14.6. The molecule has 0 bridgehead atoms. The van der Waals surface area contributed by atoms with Gasteiger partial charge < -0.3 is 5.73 Å². The van der Waals surface area contributed by atoms with E-state index in [1.165, 1.54) is 16.7 Å². The molecule has 2 aromatic rings. The van der Waals surface area contributed by atoms with E-state index in [1.807, 2.05) is 18.2 Å². The van der Waals surface area contributed by atoms with Gasteiger partial charge in [-0.15, -0.1) is 0 Å². The molecule has 0 aliphatic rings. The molecule has 0 heterocycles. The first kappa shape index (κ1) is 11.7. The molecule has 2 aromatic carbocycles. The largest absolute Gasteiger partial charge is 0.398 e. The molecule has 0 fully saturated rings. The minimum absolute atomic E-state index is 0.857. The molecule has 0 atom stereocenters. The van der Waals surface area contributed by atoms with Gasteiger partial charge in [0.05, 0.1) is 0 Å². The zero-order valence-corrected chi connectivity index (χ0v) is 10.5. The normalized spacial score (nSPS) is 10.5. The minimum atomic E-state index is 0.857. The minimum Gasteiger partial charge on any atom is -0.398 e. The second-order valence-electron chi connectivity index (χ2n) is 4.24. The summed E-state index contributed by atoms with van der Waals surface area (Å²) < 4.78 is 0. The van der Waals surface area contributed by atoms with Gasteiger partial charge in [-0.05, 0) is 35.6 Å². The van der Waals surface area contributed by atoms with Gasteiger partial charge in [0.25, 0.3) is 0 Å². The Hall–Kier alpha value is -1.76. The van der Waals surface area contributed by atoms with Gasteiger partial charge in [-0.1, -0.05) is 50.2 Å². The molecule has 88 valence electrons. The zero-order chi connectivity index (χ0) is 12.3. The monoisotopic (exact) mass is 225 g/mol. The lowest BCUT2D eigenvalue weighted by molar-refractivity contribution is 1.04. The third-order valence-electron chi connectivity index (χ3n) is 3.26. The first-order chi connectivity index (χ1) is 8.27. The topological polar surface area (TPSA) is 26.0 Å². The van der Waals surface area contributed by atoms with E-state index in [-0.39, 0.29) is 0 Å². The van der Waals surface area contributed by atoms with Gasteiger partial charge in [0.1, 0.15) is 0 Å². The van der Waals surface area contributed by atoms with Crippen molar-refractivity contribution in [2.75, 3.05) is 5.73 Å². The summed E-state index contributed by atoms with van der Waals surface area (Å²) in [7, 11) is 0. The molecule has 0 unspecified atom stereocenters. The molecule has 0 aliphatic heterocycles. The molecule has 0 saturated carbocycles. The molecule has 1 heteroatoms. The molecule has 0 radical (unpaired) electrons. The molecule has 2 N–H and O–H groups in total. The van der Waals surface area contributed by atoms with Crippen LogP contribution in [0.25, 0.3) is 11.1 Å². The summed E-state index contributed by atoms with van der Waals surface area (Å²) in [6.07, 6.45) is 2.12. The van der Waals surface area contributed by atoms with Gasteiger partial charge in [0, 0.05) is 11.3 Å². The Labute approximate surface area is 103 Å². The number of nitrogen functional groups attached to an aromatic ring is 1. The highest BCUT2D eigenvalue weighted by Crippen LogP contribution is 2.31. The number of hydrogen-bond donors (Lipinski definition) is 1. The Bertz CT molecular complexity index is 515. The Morgan fingerprint density at radius 1 is 0.824 bits per heavy atom. The fraction of sp³-hybridized carbons (Fsp3) is 0.250. The predicted octanol–water partition coefficient (Wildman–Crippen LogP) is 4.06. The summed E-state index contributed by atoms with van der Waals surface area (Å²) >= 11 is 0. The van der Waals surface area contributed by atoms with Crippen molar-refractivity contribution in [2.24, 2.45) is 0 Å². The van der Waals surface area contributed by atoms with E-state index in [4.69, 9.17) is 5.73 Å². The SMILES string of the molecule is CCc1cccc(-c2ccccc2N)c1CC. The van der Waals surface area contributed by atoms with Crippen molar-refractivity contribution in [3.05, 3.63) is 53.6 Å². The van der Waals surface area contributed by atoms with E-state index < -0.39 is 0 Å². The Kier molecular flexibility index (Phi) is 3.48. The van der Waals surface area contributed by atoms with Crippen LogP contribution in [0, 0.1) is 0 Å². The summed E-state index contributed by atoms with van der Waals surface area (Å²) in [5.74, 6) is 0. The van der Waals surface area contributed by atoms with E-state index in [2.05, 4.69) is 38.1 Å². The number of benzene rings is 2. The predicted molar refractivity (Wildman–Crippen MR) is 75.0 cm³/mol. The maximum Gasteiger partial charge on any atom is 0.0393 e. The van der Waals surface area contributed by atoms with Gasteiger partial charge >= 0.3 is 0 Å². The van der Waals surface area contributed by atoms with Crippen LogP contribution >= 0.6 is 0 Å². The summed E-state index contributed by atoms with van der Waals surface area (Å²) in [6.45, 7) is 4.41. The van der Waals surface area contributed by atoms with Crippen molar-refractivity contribution in [3.63, 3.8) is 0 Å². The van der Waals surface area contributed by atoms with Gasteiger partial charge in [-0.2, -0.15) is 0 Å². The van der Waals surface area contributed by atoms with Crippen molar-refractivity contribution in [1.29, 1.82) is 0 Å². The van der Waals surface area contributed by atoms with Crippen LogP contribution in [0.1, 0.15) is 25.0 Å². The lowest BCUT2D eigenvalue weighted by Crippen LogP contribution is -1.97. The lowest BCUT2D eigenvalue weighted by atomic mass is 9.92. The molecular formula is C16H19N. The summed E-state index contributed by atoms with van der Waals surface area (Å²) in [4.78, 5) is 0. The number of aryl methyl sites for hydroxylation is 1. The smallest absolute Gasteiger partial charge is 0.0393 e. The molecular weight excluding hydrogens is 206 g/mol. The average Bonchev–Trinajstić information content (AvgIpc) is 2.38. The van der Waals surface area contributed by atoms with E-state index >= 15 is 0 Å². The highest BCUT2D eigenvalue weighted by atomic mass is 14.6. The maximum absolute atomic E-state index is 6.07. The van der Waals surface area contributed by atoms with Crippen molar-refractivity contribution in [3.8, 4) is 11.1 Å². The number of anilines is 1. The van der Waals surface area contributed by atoms with Gasteiger partial charge in [-0.3, -0.25) is 0 Å². The standard InChI is InChI=1S/C16H19N/c1-3-12-8-7-10-14(13(12)4-2)15-9-5-6-11-16(15)17/h5-11H,3-4,17H2,1-2H3. The van der Waals surface area contributed by atoms with Crippen LogP contribution < -0.4 is 5.73 Å². The molecule has 0 spiro atoms. The van der Waals surface area contributed by atoms with Crippen LogP contribution in [-0.4, -0.2) is 0 Å². The molecule has 2 rings (SSSR count). The highest BCUT2D eigenvalue weighted by Gasteiger charge is 2.09. The molecule has 0 saturated heterocycles. The molecule has 0 aromatic heterocycles. The Balaban J connectivity index is 2.63. The van der Waals surface area contributed by atoms with Crippen molar-refractivity contribution in [2.45, 2.75) is 26.7 Å². The maximum atomic E-state index is 6.07. The third kappa shape index (κ3) is 2.19. The quantitative estimate of drug-likeness (QED) is 0.783. The van der Waals surface area contributed by atoms with Gasteiger partial charge in [-0.25, -0.2) is 0 Å². The van der Waals surface area contributed by atoms with Crippen molar-refractivity contribution < 1.29 is 0 Å². The first-order valence-corrected chi connectivity index (χ1v) is 6.23. The number of para-hydroxylation sites is 1. The number of hydrogen-bond acceptors (Lipinski definition) is 1. The van der Waals surface area contributed by atoms with E-state index in [1.54, 1.807) is 0 Å². The molecule has 0 amide bonds. The Morgan fingerprint density at radius 3 is 2.18 bits per heavy atom. The average molecular weight is 225 g/mol. The van der Waals surface area contributed by atoms with Crippen LogP contribution in [0.15, 0.2) is 42.5 Å². The van der Waals surface area contributed by atoms with Crippen LogP contribution in [0.5, 0.6) is 0 Å². The molecule has 17 heavy (non-hydrogen) atoms. The first-order valence-electron chi connectivity index (χ1n) is 6.23. The number of nitrogens with two attached hydrogens (primary N) is 1. The van der Waals surface area contributed by atoms with Gasteiger partial charge in [0.15, 0.2) is 0 Å². The van der Waals surface area contributed by atoms with E-state index in [0.29, 0.717) is 0 Å². The van der Waals surface area contributed by atoms with Crippen LogP contribution in [-0.2, 0) is 12.8 Å². The molecule has 1 nitrogen and oxygen atoms in total. The van der Waals surface area contributed by atoms with E-state index in [9.17, 15) is 0 Å². The highest BCUT2D eigenvalue weighted by molar-refractivity contribution is 5.79. The second-order valence-corrected chi connectivity index (χ2v) is 4.24. The fourth-order valence-corrected chi connectivity index (χ4v) is 2.38. The lowest BCUT2D eigenvalue weighted by Gasteiger charge is -2.14. The summed E-state index contributed by atoms with van der Waals surface area (Å²) in [5.41, 5.74) is 12.2.